The van der Waals surface area contributed by atoms with E-state index in [-0.39, 0.29) is 0 Å². The Morgan fingerprint density at radius 3 is 2.11 bits per heavy atom. The molecule has 0 amide bonds. The lowest BCUT2D eigenvalue weighted by atomic mass is 9.80. The molecule has 0 aliphatic rings. The topological polar surface area (TPSA) is 40.5 Å². The Morgan fingerprint density at radius 1 is 0.944 bits per heavy atom. The van der Waals surface area contributed by atoms with Crippen LogP contribution < -0.4 is 5.46 Å². The van der Waals surface area contributed by atoms with Crippen molar-refractivity contribution < 1.29 is 10.0 Å². The molecule has 2 rings (SSSR count). The number of aryl methyl sites for hydroxylation is 1. The fraction of sp³-hybridized carbons (Fsp3) is 0.143. The van der Waals surface area contributed by atoms with Crippen molar-refractivity contribution in [2.45, 2.75) is 17.6 Å². The summed E-state index contributed by atoms with van der Waals surface area (Å²) >= 11 is 1.77. The van der Waals surface area contributed by atoms with Crippen LogP contribution in [0.5, 0.6) is 0 Å². The number of benzene rings is 2. The normalized spacial score (nSPS) is 10.4. The van der Waals surface area contributed by atoms with Crippen LogP contribution in [0, 0.1) is 6.92 Å². The monoisotopic (exact) mass is 258 g/mol. The van der Waals surface area contributed by atoms with Crippen molar-refractivity contribution in [3.8, 4) is 0 Å². The molecule has 0 saturated carbocycles. The van der Waals surface area contributed by atoms with Crippen molar-refractivity contribution in [3.05, 3.63) is 59.7 Å². The highest BCUT2D eigenvalue weighted by molar-refractivity contribution is 7.98. The van der Waals surface area contributed by atoms with Crippen molar-refractivity contribution in [1.29, 1.82) is 0 Å². The maximum atomic E-state index is 9.00. The fourth-order valence-electron chi connectivity index (χ4n) is 1.59. The predicted octanol–water partition coefficient (Wildman–Crippen LogP) is 1.97. The number of thioether (sulfide) groups is 1. The lowest BCUT2D eigenvalue weighted by molar-refractivity contribution is 0.426. The zero-order chi connectivity index (χ0) is 13.0. The SMILES string of the molecule is Cc1ccc(SCc2ccc(B(O)O)cc2)cc1. The van der Waals surface area contributed by atoms with Gasteiger partial charge < -0.3 is 10.0 Å². The van der Waals surface area contributed by atoms with Gasteiger partial charge in [-0.1, -0.05) is 42.0 Å². The van der Waals surface area contributed by atoms with Crippen LogP contribution in [0.2, 0.25) is 0 Å². The van der Waals surface area contributed by atoms with E-state index in [0.717, 1.165) is 5.75 Å². The Hall–Kier alpha value is -1.23. The van der Waals surface area contributed by atoms with Gasteiger partial charge >= 0.3 is 7.12 Å². The highest BCUT2D eigenvalue weighted by atomic mass is 32.2. The third kappa shape index (κ3) is 3.63. The summed E-state index contributed by atoms with van der Waals surface area (Å²) in [5.74, 6) is 0.880. The zero-order valence-electron chi connectivity index (χ0n) is 10.2. The van der Waals surface area contributed by atoms with Crippen LogP contribution in [0.25, 0.3) is 0 Å². The van der Waals surface area contributed by atoms with E-state index < -0.39 is 7.12 Å². The van der Waals surface area contributed by atoms with E-state index in [4.69, 9.17) is 10.0 Å². The van der Waals surface area contributed by atoms with E-state index in [2.05, 4.69) is 31.2 Å². The molecule has 2 nitrogen and oxygen atoms in total. The van der Waals surface area contributed by atoms with Crippen LogP contribution in [0.4, 0.5) is 0 Å². The van der Waals surface area contributed by atoms with Crippen molar-refractivity contribution >= 4 is 24.3 Å². The van der Waals surface area contributed by atoms with Crippen LogP contribution in [0.15, 0.2) is 53.4 Å². The van der Waals surface area contributed by atoms with E-state index in [9.17, 15) is 0 Å². The second-order valence-corrected chi connectivity index (χ2v) is 5.27. The van der Waals surface area contributed by atoms with Crippen LogP contribution >= 0.6 is 11.8 Å². The summed E-state index contributed by atoms with van der Waals surface area (Å²) in [6, 6.07) is 15.8. The Bertz CT molecular complexity index is 494. The van der Waals surface area contributed by atoms with Crippen LogP contribution in [-0.2, 0) is 5.75 Å². The molecule has 0 fully saturated rings. The van der Waals surface area contributed by atoms with Gasteiger partial charge in [-0.15, -0.1) is 11.8 Å². The molecule has 2 aromatic rings. The largest absolute Gasteiger partial charge is 0.488 e. The molecule has 0 aliphatic heterocycles. The molecule has 4 heteroatoms. The highest BCUT2D eigenvalue weighted by Crippen LogP contribution is 2.22. The summed E-state index contributed by atoms with van der Waals surface area (Å²) in [5, 5.41) is 18.0. The molecule has 2 N–H and O–H groups in total. The second kappa shape index (κ2) is 6.09. The lowest BCUT2D eigenvalue weighted by Gasteiger charge is -2.04. The van der Waals surface area contributed by atoms with Crippen molar-refractivity contribution in [2.24, 2.45) is 0 Å². The molecule has 2 aromatic carbocycles. The maximum absolute atomic E-state index is 9.00. The van der Waals surface area contributed by atoms with Gasteiger partial charge in [-0.2, -0.15) is 0 Å². The third-order valence-corrected chi connectivity index (χ3v) is 3.79. The molecule has 0 unspecified atom stereocenters. The van der Waals surface area contributed by atoms with E-state index >= 15 is 0 Å². The summed E-state index contributed by atoms with van der Waals surface area (Å²) in [5.41, 5.74) is 2.96. The van der Waals surface area contributed by atoms with Crippen molar-refractivity contribution in [1.82, 2.24) is 0 Å². The zero-order valence-corrected chi connectivity index (χ0v) is 11.0. The smallest absolute Gasteiger partial charge is 0.423 e. The van der Waals surface area contributed by atoms with Crippen molar-refractivity contribution in [2.75, 3.05) is 0 Å². The van der Waals surface area contributed by atoms with Gasteiger partial charge in [-0.25, -0.2) is 0 Å². The minimum Gasteiger partial charge on any atom is -0.423 e. The van der Waals surface area contributed by atoms with Crippen LogP contribution in [0.3, 0.4) is 0 Å². The van der Waals surface area contributed by atoms with Gasteiger partial charge in [0.25, 0.3) is 0 Å². The quantitative estimate of drug-likeness (QED) is 0.650. The van der Waals surface area contributed by atoms with Gasteiger partial charge in [0.05, 0.1) is 0 Å². The molecule has 0 spiro atoms. The summed E-state index contributed by atoms with van der Waals surface area (Å²) < 4.78 is 0. The molecule has 0 radical (unpaired) electrons. The average Bonchev–Trinajstić information content (AvgIpc) is 2.38. The fourth-order valence-corrected chi connectivity index (χ4v) is 2.44. The van der Waals surface area contributed by atoms with Gasteiger partial charge in [0, 0.05) is 10.6 Å². The van der Waals surface area contributed by atoms with E-state index in [1.807, 2.05) is 12.1 Å². The van der Waals surface area contributed by atoms with Gasteiger partial charge in [0.15, 0.2) is 0 Å². The van der Waals surface area contributed by atoms with Crippen LogP contribution in [0.1, 0.15) is 11.1 Å². The average molecular weight is 258 g/mol. The molecule has 0 heterocycles. The number of rotatable bonds is 4. The van der Waals surface area contributed by atoms with E-state index in [0.29, 0.717) is 5.46 Å². The van der Waals surface area contributed by atoms with E-state index in [1.54, 1.807) is 23.9 Å². The van der Waals surface area contributed by atoms with Gasteiger partial charge in [-0.3, -0.25) is 0 Å². The Labute approximate surface area is 112 Å². The van der Waals surface area contributed by atoms with Gasteiger partial charge in [-0.05, 0) is 30.1 Å². The summed E-state index contributed by atoms with van der Waals surface area (Å²) in [6.45, 7) is 2.08. The third-order valence-electron chi connectivity index (χ3n) is 2.70. The first-order chi connectivity index (χ1) is 8.65. The Kier molecular flexibility index (Phi) is 4.47. The van der Waals surface area contributed by atoms with Gasteiger partial charge in [0.2, 0.25) is 0 Å². The molecule has 18 heavy (non-hydrogen) atoms. The molecule has 0 bridgehead atoms. The second-order valence-electron chi connectivity index (χ2n) is 4.22. The molecule has 0 atom stereocenters. The Morgan fingerprint density at radius 2 is 1.56 bits per heavy atom. The molecular formula is C14H15BO2S. The number of hydrogen-bond acceptors (Lipinski definition) is 3. The van der Waals surface area contributed by atoms with Gasteiger partial charge in [0.1, 0.15) is 0 Å². The lowest BCUT2D eigenvalue weighted by Crippen LogP contribution is -2.29. The first kappa shape index (κ1) is 13.2. The van der Waals surface area contributed by atoms with E-state index in [1.165, 1.54) is 16.0 Å². The first-order valence-corrected chi connectivity index (χ1v) is 6.78. The maximum Gasteiger partial charge on any atom is 0.488 e. The molecule has 92 valence electrons. The first-order valence-electron chi connectivity index (χ1n) is 5.79. The Balaban J connectivity index is 1.95. The predicted molar refractivity (Wildman–Crippen MR) is 77.0 cm³/mol. The summed E-state index contributed by atoms with van der Waals surface area (Å²) in [7, 11) is -1.39. The summed E-state index contributed by atoms with van der Waals surface area (Å²) in [4.78, 5) is 1.24. The molecule has 0 aromatic heterocycles. The molecule has 0 saturated heterocycles. The summed E-state index contributed by atoms with van der Waals surface area (Å²) in [6.07, 6.45) is 0. The minimum atomic E-state index is -1.39. The minimum absolute atomic E-state index is 0.527. The molecular weight excluding hydrogens is 243 g/mol. The number of hydrogen-bond donors (Lipinski definition) is 2. The van der Waals surface area contributed by atoms with Crippen LogP contribution in [-0.4, -0.2) is 17.2 Å². The standard InChI is InChI=1S/C14H15BO2S/c1-11-2-8-14(9-3-11)18-10-12-4-6-13(7-5-12)15(16)17/h2-9,16-17H,10H2,1H3. The molecule has 0 aliphatic carbocycles. The van der Waals surface area contributed by atoms with Crippen molar-refractivity contribution in [3.63, 3.8) is 0 Å². The highest BCUT2D eigenvalue weighted by Gasteiger charge is 2.09.